The molecule has 0 saturated carbocycles. The van der Waals surface area contributed by atoms with Gasteiger partial charge in [-0.2, -0.15) is 0 Å². The molecule has 2 nitrogen and oxygen atoms in total. The van der Waals surface area contributed by atoms with Gasteiger partial charge in [0.1, 0.15) is 6.29 Å². The highest BCUT2D eigenvalue weighted by Gasteiger charge is 1.91. The highest BCUT2D eigenvalue weighted by molar-refractivity contribution is 5.49. The van der Waals surface area contributed by atoms with Crippen LogP contribution < -0.4 is 0 Å². The lowest BCUT2D eigenvalue weighted by atomic mass is 10.2. The van der Waals surface area contributed by atoms with Crippen molar-refractivity contribution in [3.8, 4) is 0 Å². The second-order valence-corrected chi connectivity index (χ2v) is 3.76. The van der Waals surface area contributed by atoms with Crippen molar-refractivity contribution < 1.29 is 9.53 Å². The number of rotatable bonds is 7. The van der Waals surface area contributed by atoms with E-state index in [2.05, 4.69) is 0 Å². The summed E-state index contributed by atoms with van der Waals surface area (Å²) in [7, 11) is 0. The molecular weight excluding hydrogens is 200 g/mol. The SMILES string of the molecule is C/C(=C/COCc1ccccc1)CCC=O. The molecule has 0 radical (unpaired) electrons. The minimum atomic E-state index is 0.598. The van der Waals surface area contributed by atoms with Gasteiger partial charge in [-0.05, 0) is 18.9 Å². The van der Waals surface area contributed by atoms with Crippen LogP contribution in [0.3, 0.4) is 0 Å². The maximum absolute atomic E-state index is 10.2. The van der Waals surface area contributed by atoms with E-state index in [0.29, 0.717) is 19.6 Å². The number of hydrogen-bond donors (Lipinski definition) is 0. The molecular formula is C14H18O2. The second kappa shape index (κ2) is 7.83. The number of hydrogen-bond acceptors (Lipinski definition) is 2. The third-order valence-electron chi connectivity index (χ3n) is 2.32. The van der Waals surface area contributed by atoms with E-state index in [1.807, 2.05) is 43.3 Å². The van der Waals surface area contributed by atoms with Crippen molar-refractivity contribution in [2.45, 2.75) is 26.4 Å². The molecule has 0 bridgehead atoms. The monoisotopic (exact) mass is 218 g/mol. The smallest absolute Gasteiger partial charge is 0.120 e. The maximum Gasteiger partial charge on any atom is 0.120 e. The van der Waals surface area contributed by atoms with E-state index in [4.69, 9.17) is 4.74 Å². The molecule has 0 aliphatic rings. The van der Waals surface area contributed by atoms with Crippen molar-refractivity contribution >= 4 is 6.29 Å². The second-order valence-electron chi connectivity index (χ2n) is 3.76. The molecule has 0 saturated heterocycles. The quantitative estimate of drug-likeness (QED) is 0.399. The average molecular weight is 218 g/mol. The molecule has 0 spiro atoms. The van der Waals surface area contributed by atoms with Gasteiger partial charge in [0.05, 0.1) is 13.2 Å². The Hall–Kier alpha value is -1.41. The molecule has 0 heterocycles. The fraction of sp³-hybridized carbons (Fsp3) is 0.357. The van der Waals surface area contributed by atoms with E-state index in [9.17, 15) is 4.79 Å². The normalized spacial score (nSPS) is 11.4. The number of carbonyl (C=O) groups excluding carboxylic acids is 1. The fourth-order valence-electron chi connectivity index (χ4n) is 1.34. The predicted octanol–water partition coefficient (Wildman–Crippen LogP) is 3.13. The fourth-order valence-corrected chi connectivity index (χ4v) is 1.34. The van der Waals surface area contributed by atoms with Gasteiger partial charge in [-0.1, -0.05) is 42.0 Å². The third kappa shape index (κ3) is 5.47. The molecule has 0 aromatic heterocycles. The Morgan fingerprint density at radius 1 is 1.31 bits per heavy atom. The third-order valence-corrected chi connectivity index (χ3v) is 2.32. The first-order valence-corrected chi connectivity index (χ1v) is 5.54. The molecule has 86 valence electrons. The first-order chi connectivity index (χ1) is 7.83. The molecule has 0 aliphatic carbocycles. The van der Waals surface area contributed by atoms with Gasteiger partial charge in [-0.15, -0.1) is 0 Å². The number of benzene rings is 1. The Balaban J connectivity index is 2.18. The summed E-state index contributed by atoms with van der Waals surface area (Å²) in [6, 6.07) is 10.1. The molecule has 1 rings (SSSR count). The summed E-state index contributed by atoms with van der Waals surface area (Å²) in [4.78, 5) is 10.2. The summed E-state index contributed by atoms with van der Waals surface area (Å²) in [6.45, 7) is 3.27. The van der Waals surface area contributed by atoms with Gasteiger partial charge in [0.2, 0.25) is 0 Å². The molecule has 16 heavy (non-hydrogen) atoms. The van der Waals surface area contributed by atoms with Gasteiger partial charge in [0.15, 0.2) is 0 Å². The van der Waals surface area contributed by atoms with Crippen molar-refractivity contribution in [2.75, 3.05) is 6.61 Å². The van der Waals surface area contributed by atoms with Crippen LogP contribution in [0.5, 0.6) is 0 Å². The van der Waals surface area contributed by atoms with Crippen LogP contribution in [0.4, 0.5) is 0 Å². The Bertz CT molecular complexity index is 328. The molecule has 0 fully saturated rings. The van der Waals surface area contributed by atoms with Crippen molar-refractivity contribution in [3.05, 3.63) is 47.5 Å². The van der Waals surface area contributed by atoms with Gasteiger partial charge in [0.25, 0.3) is 0 Å². The molecule has 0 unspecified atom stereocenters. The number of allylic oxidation sites excluding steroid dienone is 1. The average Bonchev–Trinajstić information content (AvgIpc) is 2.33. The Labute approximate surface area is 96.9 Å². The Kier molecular flexibility index (Phi) is 6.19. The number of ether oxygens (including phenoxy) is 1. The molecule has 1 aromatic rings. The van der Waals surface area contributed by atoms with Crippen LogP contribution in [-0.4, -0.2) is 12.9 Å². The van der Waals surface area contributed by atoms with E-state index in [0.717, 1.165) is 12.7 Å². The zero-order valence-corrected chi connectivity index (χ0v) is 9.69. The number of carbonyl (C=O) groups is 1. The van der Waals surface area contributed by atoms with Gasteiger partial charge in [-0.25, -0.2) is 0 Å². The van der Waals surface area contributed by atoms with Crippen molar-refractivity contribution in [1.29, 1.82) is 0 Å². The standard InChI is InChI=1S/C14H18O2/c1-13(6-5-10-15)9-11-16-12-14-7-3-2-4-8-14/h2-4,7-10H,5-6,11-12H2,1H3/b13-9-. The summed E-state index contributed by atoms with van der Waals surface area (Å²) in [6.07, 6.45) is 4.41. The van der Waals surface area contributed by atoms with E-state index >= 15 is 0 Å². The first kappa shape index (κ1) is 12.7. The summed E-state index contributed by atoms with van der Waals surface area (Å²) < 4.78 is 5.51. The minimum Gasteiger partial charge on any atom is -0.373 e. The van der Waals surface area contributed by atoms with Crippen LogP contribution >= 0.6 is 0 Å². The molecule has 0 N–H and O–H groups in total. The van der Waals surface area contributed by atoms with Crippen LogP contribution in [0.1, 0.15) is 25.3 Å². The minimum absolute atomic E-state index is 0.598. The molecule has 1 aromatic carbocycles. The zero-order valence-electron chi connectivity index (χ0n) is 9.69. The Morgan fingerprint density at radius 3 is 2.75 bits per heavy atom. The lowest BCUT2D eigenvalue weighted by molar-refractivity contribution is -0.107. The zero-order chi connectivity index (χ0) is 11.6. The van der Waals surface area contributed by atoms with Gasteiger partial charge in [-0.3, -0.25) is 0 Å². The molecule has 0 atom stereocenters. The highest BCUT2D eigenvalue weighted by Crippen LogP contribution is 2.03. The van der Waals surface area contributed by atoms with Crippen LogP contribution in [0.15, 0.2) is 42.0 Å². The van der Waals surface area contributed by atoms with Crippen molar-refractivity contribution in [2.24, 2.45) is 0 Å². The van der Waals surface area contributed by atoms with Crippen molar-refractivity contribution in [1.82, 2.24) is 0 Å². The van der Waals surface area contributed by atoms with Crippen LogP contribution in [-0.2, 0) is 16.1 Å². The predicted molar refractivity (Wildman–Crippen MR) is 65.2 cm³/mol. The topological polar surface area (TPSA) is 26.3 Å². The highest BCUT2D eigenvalue weighted by atomic mass is 16.5. The van der Waals surface area contributed by atoms with Gasteiger partial charge in [0, 0.05) is 6.42 Å². The molecule has 2 heteroatoms. The van der Waals surface area contributed by atoms with Crippen LogP contribution in [0, 0.1) is 0 Å². The molecule has 0 aliphatic heterocycles. The summed E-state index contributed by atoms with van der Waals surface area (Å²) in [5, 5.41) is 0. The van der Waals surface area contributed by atoms with Gasteiger partial charge >= 0.3 is 0 Å². The van der Waals surface area contributed by atoms with Crippen LogP contribution in [0.2, 0.25) is 0 Å². The van der Waals surface area contributed by atoms with E-state index in [1.54, 1.807) is 0 Å². The van der Waals surface area contributed by atoms with E-state index < -0.39 is 0 Å². The maximum atomic E-state index is 10.2. The summed E-state index contributed by atoms with van der Waals surface area (Å²) in [5.41, 5.74) is 2.39. The molecule has 0 amide bonds. The van der Waals surface area contributed by atoms with Crippen LogP contribution in [0.25, 0.3) is 0 Å². The lowest BCUT2D eigenvalue weighted by Crippen LogP contribution is -1.93. The Morgan fingerprint density at radius 2 is 2.06 bits per heavy atom. The number of aldehydes is 1. The van der Waals surface area contributed by atoms with E-state index in [1.165, 1.54) is 11.1 Å². The van der Waals surface area contributed by atoms with Gasteiger partial charge < -0.3 is 9.53 Å². The van der Waals surface area contributed by atoms with E-state index in [-0.39, 0.29) is 0 Å². The first-order valence-electron chi connectivity index (χ1n) is 5.54. The summed E-state index contributed by atoms with van der Waals surface area (Å²) >= 11 is 0. The van der Waals surface area contributed by atoms with Crippen molar-refractivity contribution in [3.63, 3.8) is 0 Å². The largest absolute Gasteiger partial charge is 0.373 e. The lowest BCUT2D eigenvalue weighted by Gasteiger charge is -2.02. The summed E-state index contributed by atoms with van der Waals surface area (Å²) in [5.74, 6) is 0.